The number of aryl methyl sites for hydroxylation is 4. The lowest BCUT2D eigenvalue weighted by Crippen LogP contribution is -2.10. The predicted octanol–water partition coefficient (Wildman–Crippen LogP) is 5.30. The topological polar surface area (TPSA) is 92.3 Å². The van der Waals surface area contributed by atoms with Crippen LogP contribution in [0.5, 0.6) is 0 Å². The second-order valence-corrected chi connectivity index (χ2v) is 8.01. The van der Waals surface area contributed by atoms with E-state index in [1.165, 1.54) is 13.8 Å². The van der Waals surface area contributed by atoms with Crippen molar-refractivity contribution >= 4 is 50.7 Å². The molecule has 0 aliphatic rings. The molecule has 0 heterocycles. The van der Waals surface area contributed by atoms with Crippen LogP contribution >= 0.6 is 15.9 Å². The first-order valence-electron chi connectivity index (χ1n) is 9.75. The second-order valence-electron chi connectivity index (χ2n) is 7.45. The molecule has 2 aromatic rings. The highest BCUT2D eigenvalue weighted by Crippen LogP contribution is 2.22. The summed E-state index contributed by atoms with van der Waals surface area (Å²) in [6.07, 6.45) is 0. The molecule has 0 saturated carbocycles. The summed E-state index contributed by atoms with van der Waals surface area (Å²) in [4.78, 5) is 44.8. The summed E-state index contributed by atoms with van der Waals surface area (Å²) in [6, 6.07) is 7.24. The van der Waals surface area contributed by atoms with Crippen LogP contribution in [0.15, 0.2) is 24.3 Å². The van der Waals surface area contributed by atoms with Crippen LogP contribution in [0.3, 0.4) is 0 Å². The Bertz CT molecular complexity index is 982. The largest absolute Gasteiger partial charge is 0.326 e. The van der Waals surface area contributed by atoms with Crippen molar-refractivity contribution in [1.82, 2.24) is 0 Å². The molecule has 0 radical (unpaired) electrons. The van der Waals surface area contributed by atoms with Crippen molar-refractivity contribution in [3.63, 3.8) is 0 Å². The van der Waals surface area contributed by atoms with Gasteiger partial charge < -0.3 is 10.6 Å². The quantitative estimate of drug-likeness (QED) is 0.440. The van der Waals surface area contributed by atoms with E-state index in [2.05, 4.69) is 26.6 Å². The highest BCUT2D eigenvalue weighted by molar-refractivity contribution is 9.09. The van der Waals surface area contributed by atoms with Crippen molar-refractivity contribution in [2.45, 2.75) is 48.5 Å². The summed E-state index contributed by atoms with van der Waals surface area (Å²) in [5.41, 5.74) is 6.49. The predicted molar refractivity (Wildman–Crippen MR) is 129 cm³/mol. The van der Waals surface area contributed by atoms with Crippen LogP contribution in [-0.2, 0) is 9.59 Å². The number of amides is 2. The lowest BCUT2D eigenvalue weighted by molar-refractivity contribution is -0.115. The number of carbonyl (C=O) groups excluding carboxylic acids is 4. The molecule has 0 atom stereocenters. The average Bonchev–Trinajstić information content (AvgIpc) is 2.59. The van der Waals surface area contributed by atoms with E-state index in [4.69, 9.17) is 0 Å². The first-order valence-corrected chi connectivity index (χ1v) is 10.9. The number of nitrogens with one attached hydrogen (secondary N) is 2. The zero-order valence-corrected chi connectivity index (χ0v) is 20.6. The minimum absolute atomic E-state index is 0.0550. The van der Waals surface area contributed by atoms with Gasteiger partial charge in [-0.1, -0.05) is 15.9 Å². The fraction of sp³-hybridized carbons (Fsp3) is 0.333. The minimum Gasteiger partial charge on any atom is -0.326 e. The molecule has 0 aliphatic heterocycles. The molecule has 2 rings (SSSR count). The van der Waals surface area contributed by atoms with Gasteiger partial charge in [0, 0.05) is 36.3 Å². The van der Waals surface area contributed by atoms with Crippen molar-refractivity contribution in [3.8, 4) is 0 Å². The summed E-state index contributed by atoms with van der Waals surface area (Å²) in [5.74, 6) is -0.105. The first-order chi connectivity index (χ1) is 14.4. The fourth-order valence-electron chi connectivity index (χ4n) is 3.54. The second kappa shape index (κ2) is 11.6. The molecule has 0 aliphatic carbocycles. The number of anilines is 2. The summed E-state index contributed by atoms with van der Waals surface area (Å²) in [5, 5.41) is 5.72. The molecule has 2 N–H and O–H groups in total. The Morgan fingerprint density at radius 1 is 0.677 bits per heavy atom. The molecule has 0 aromatic heterocycles. The molecule has 0 fully saturated rings. The summed E-state index contributed by atoms with van der Waals surface area (Å²) < 4.78 is 0. The minimum atomic E-state index is -0.113. The van der Waals surface area contributed by atoms with E-state index < -0.39 is 0 Å². The van der Waals surface area contributed by atoms with Crippen molar-refractivity contribution in [3.05, 3.63) is 57.6 Å². The maximum atomic E-state index is 11.7. The van der Waals surface area contributed by atoms with Crippen molar-refractivity contribution in [2.75, 3.05) is 16.0 Å². The third kappa shape index (κ3) is 7.75. The van der Waals surface area contributed by atoms with Crippen molar-refractivity contribution < 1.29 is 19.2 Å². The number of hydrogen-bond donors (Lipinski definition) is 2. The van der Waals surface area contributed by atoms with Gasteiger partial charge >= 0.3 is 0 Å². The molecule has 6 nitrogen and oxygen atoms in total. The van der Waals surface area contributed by atoms with Gasteiger partial charge in [0.05, 0.1) is 5.33 Å². The van der Waals surface area contributed by atoms with Crippen LogP contribution in [0.2, 0.25) is 0 Å². The van der Waals surface area contributed by atoms with E-state index in [1.54, 1.807) is 6.92 Å². The molecule has 31 heavy (non-hydrogen) atoms. The van der Waals surface area contributed by atoms with E-state index in [-0.39, 0.29) is 23.4 Å². The van der Waals surface area contributed by atoms with Gasteiger partial charge in [-0.05, 0) is 81.1 Å². The molecule has 0 saturated heterocycles. The molecule has 2 amide bonds. The van der Waals surface area contributed by atoms with Crippen LogP contribution in [0.4, 0.5) is 11.4 Å². The third-order valence-corrected chi connectivity index (χ3v) is 4.97. The van der Waals surface area contributed by atoms with Crippen LogP contribution < -0.4 is 10.6 Å². The normalized spacial score (nSPS) is 9.94. The zero-order chi connectivity index (χ0) is 23.9. The molecule has 0 spiro atoms. The molecular weight excluding hydrogens is 460 g/mol. The number of rotatable bonds is 5. The number of halogens is 1. The Labute approximate surface area is 191 Å². The monoisotopic (exact) mass is 488 g/mol. The number of Topliss-reactive ketones (excluding diaryl/α,β-unsaturated/α-hetero) is 2. The molecular formula is C24H29BrN2O4. The van der Waals surface area contributed by atoms with Gasteiger partial charge in [0.2, 0.25) is 11.8 Å². The van der Waals surface area contributed by atoms with E-state index in [0.29, 0.717) is 5.33 Å². The standard InChI is InChI=1S/C12H14BrNO2.C12H15NO2/c1-7-4-10(14-9(3)15)5-8(2)12(7)11(16)6-13;1-7-5-11(13-10(4)15)6-8(2)12(7)9(3)14/h4-5H,6H2,1-3H3,(H,14,15);5-6H,1-4H3,(H,13,15). The molecule has 2 aromatic carbocycles. The SMILES string of the molecule is CC(=O)Nc1cc(C)c(C(=O)CBr)c(C)c1.CC(=O)Nc1cc(C)c(C(C)=O)c(C)c1. The lowest BCUT2D eigenvalue weighted by Gasteiger charge is -2.11. The van der Waals surface area contributed by atoms with Crippen LogP contribution in [0.1, 0.15) is 63.7 Å². The Kier molecular flexibility index (Phi) is 9.78. The van der Waals surface area contributed by atoms with Crippen LogP contribution in [0.25, 0.3) is 0 Å². The first kappa shape index (κ1) is 26.2. The number of alkyl halides is 1. The maximum Gasteiger partial charge on any atom is 0.221 e. The van der Waals surface area contributed by atoms with E-state index in [0.717, 1.165) is 44.8 Å². The zero-order valence-electron chi connectivity index (χ0n) is 19.0. The van der Waals surface area contributed by atoms with Gasteiger partial charge in [-0.2, -0.15) is 0 Å². The third-order valence-electron chi connectivity index (χ3n) is 4.46. The van der Waals surface area contributed by atoms with Gasteiger partial charge in [0.25, 0.3) is 0 Å². The van der Waals surface area contributed by atoms with E-state index in [9.17, 15) is 19.2 Å². The Balaban J connectivity index is 0.000000311. The number of hydrogen-bond acceptors (Lipinski definition) is 4. The van der Waals surface area contributed by atoms with E-state index in [1.807, 2.05) is 52.0 Å². The van der Waals surface area contributed by atoms with Gasteiger partial charge in [0.1, 0.15) is 0 Å². The van der Waals surface area contributed by atoms with Crippen molar-refractivity contribution in [1.29, 1.82) is 0 Å². The van der Waals surface area contributed by atoms with Gasteiger partial charge in [-0.3, -0.25) is 19.2 Å². The summed E-state index contributed by atoms with van der Waals surface area (Å²) in [7, 11) is 0. The van der Waals surface area contributed by atoms with Crippen LogP contribution in [0, 0.1) is 27.7 Å². The van der Waals surface area contributed by atoms with Crippen molar-refractivity contribution in [2.24, 2.45) is 0 Å². The number of ketones is 2. The van der Waals surface area contributed by atoms with E-state index >= 15 is 0 Å². The highest BCUT2D eigenvalue weighted by Gasteiger charge is 2.12. The molecule has 166 valence electrons. The van der Waals surface area contributed by atoms with Crippen LogP contribution in [-0.4, -0.2) is 28.7 Å². The summed E-state index contributed by atoms with van der Waals surface area (Å²) >= 11 is 3.16. The number of carbonyl (C=O) groups is 4. The fourth-order valence-corrected chi connectivity index (χ4v) is 3.82. The molecule has 0 bridgehead atoms. The Hall–Kier alpha value is -2.80. The summed E-state index contributed by atoms with van der Waals surface area (Å²) in [6.45, 7) is 12.0. The Morgan fingerprint density at radius 3 is 1.26 bits per heavy atom. The van der Waals surface area contributed by atoms with Gasteiger partial charge in [-0.25, -0.2) is 0 Å². The number of benzene rings is 2. The smallest absolute Gasteiger partial charge is 0.221 e. The molecule has 0 unspecified atom stereocenters. The van der Waals surface area contributed by atoms with Gasteiger partial charge in [0.15, 0.2) is 11.6 Å². The van der Waals surface area contributed by atoms with Gasteiger partial charge in [-0.15, -0.1) is 0 Å². The highest BCUT2D eigenvalue weighted by atomic mass is 79.9. The lowest BCUT2D eigenvalue weighted by atomic mass is 9.99. The Morgan fingerprint density at radius 2 is 1.00 bits per heavy atom. The maximum absolute atomic E-state index is 11.7. The molecule has 7 heteroatoms. The average molecular weight is 489 g/mol.